The first-order valence-corrected chi connectivity index (χ1v) is 10.7. The van der Waals surface area contributed by atoms with Gasteiger partial charge in [-0.1, -0.05) is 29.4 Å². The Kier molecular flexibility index (Phi) is 7.30. The van der Waals surface area contributed by atoms with Crippen LogP contribution in [-0.4, -0.2) is 33.9 Å². The van der Waals surface area contributed by atoms with Crippen LogP contribution >= 0.6 is 0 Å². The maximum atomic E-state index is 14.0. The predicted octanol–water partition coefficient (Wildman–Crippen LogP) is 3.44. The molecule has 4 rings (SSSR count). The number of carbonyl (C=O) groups is 1. The van der Waals surface area contributed by atoms with Crippen LogP contribution in [-0.2, 0) is 6.54 Å². The summed E-state index contributed by atoms with van der Waals surface area (Å²) in [5.41, 5.74) is 14.1. The minimum Gasteiger partial charge on any atom is -0.497 e. The Hall–Kier alpha value is -5.06. The number of nitrogens with one attached hydrogen (secondary N) is 1. The summed E-state index contributed by atoms with van der Waals surface area (Å²) in [6.07, 6.45) is 4.22. The zero-order chi connectivity index (χ0) is 25.5. The number of aromatic nitrogens is 3. The van der Waals surface area contributed by atoms with Crippen molar-refractivity contribution in [3.8, 4) is 5.75 Å². The number of nitrogens with two attached hydrogens (primary N) is 2. The van der Waals surface area contributed by atoms with Crippen LogP contribution in [0.3, 0.4) is 0 Å². The fourth-order valence-corrected chi connectivity index (χ4v) is 3.14. The Morgan fingerprint density at radius 1 is 1.22 bits per heavy atom. The van der Waals surface area contributed by atoms with Gasteiger partial charge in [0.05, 0.1) is 31.3 Å². The number of allylic oxidation sites excluding steroid dienone is 1. The zero-order valence-electron chi connectivity index (χ0n) is 19.2. The van der Waals surface area contributed by atoms with E-state index in [4.69, 9.17) is 20.7 Å². The molecule has 4 aromatic rings. The molecule has 2 heterocycles. The second kappa shape index (κ2) is 10.9. The Morgan fingerprint density at radius 3 is 2.78 bits per heavy atom. The molecule has 1 amide bonds. The molecule has 0 fully saturated rings. The van der Waals surface area contributed by atoms with Gasteiger partial charge in [-0.25, -0.2) is 14.4 Å². The van der Waals surface area contributed by atoms with Gasteiger partial charge in [0.25, 0.3) is 5.91 Å². The van der Waals surface area contributed by atoms with Gasteiger partial charge >= 0.3 is 0 Å². The number of rotatable bonds is 8. The summed E-state index contributed by atoms with van der Waals surface area (Å²) >= 11 is 0. The third kappa shape index (κ3) is 5.70. The molecule has 0 aliphatic rings. The molecule has 36 heavy (non-hydrogen) atoms. The van der Waals surface area contributed by atoms with E-state index >= 15 is 0 Å². The molecular formula is C25H22FN7O3. The van der Waals surface area contributed by atoms with Gasteiger partial charge < -0.3 is 26.0 Å². The first kappa shape index (κ1) is 24.1. The maximum absolute atomic E-state index is 14.0. The summed E-state index contributed by atoms with van der Waals surface area (Å²) < 4.78 is 24.1. The van der Waals surface area contributed by atoms with Gasteiger partial charge in [0.1, 0.15) is 29.2 Å². The Bertz CT molecular complexity index is 1440. The van der Waals surface area contributed by atoms with Crippen molar-refractivity contribution in [2.75, 3.05) is 18.2 Å². The van der Waals surface area contributed by atoms with E-state index in [0.29, 0.717) is 28.3 Å². The highest BCUT2D eigenvalue weighted by Gasteiger charge is 2.13. The lowest BCUT2D eigenvalue weighted by Gasteiger charge is -2.10. The number of benzene rings is 2. The average molecular weight is 487 g/mol. The van der Waals surface area contributed by atoms with E-state index in [-0.39, 0.29) is 35.4 Å². The van der Waals surface area contributed by atoms with Crippen LogP contribution in [0.5, 0.6) is 5.75 Å². The van der Waals surface area contributed by atoms with Crippen molar-refractivity contribution >= 4 is 28.8 Å². The van der Waals surface area contributed by atoms with E-state index in [1.807, 2.05) is 0 Å². The normalized spacial score (nSPS) is 11.8. The molecule has 0 radical (unpaired) electrons. The Balaban J connectivity index is 1.56. The van der Waals surface area contributed by atoms with Crippen LogP contribution in [0.2, 0.25) is 0 Å². The van der Waals surface area contributed by atoms with Gasteiger partial charge in [0, 0.05) is 17.2 Å². The molecule has 0 saturated carbocycles. The fraction of sp³-hybridized carbons (Fsp3) is 0.0800. The van der Waals surface area contributed by atoms with Crippen molar-refractivity contribution in [3.05, 3.63) is 102 Å². The van der Waals surface area contributed by atoms with Crippen LogP contribution in [0.15, 0.2) is 82.6 Å². The molecule has 5 N–H and O–H groups in total. The molecule has 0 aliphatic carbocycles. The molecule has 10 nitrogen and oxygen atoms in total. The smallest absolute Gasteiger partial charge is 0.255 e. The first-order chi connectivity index (χ1) is 17.4. The number of hydrogen-bond donors (Lipinski definition) is 3. The average Bonchev–Trinajstić information content (AvgIpc) is 3.43. The van der Waals surface area contributed by atoms with Crippen LogP contribution in [0.25, 0.3) is 5.70 Å². The van der Waals surface area contributed by atoms with Crippen molar-refractivity contribution in [2.24, 2.45) is 10.7 Å². The number of amides is 1. The van der Waals surface area contributed by atoms with Crippen LogP contribution < -0.4 is 21.5 Å². The summed E-state index contributed by atoms with van der Waals surface area (Å²) in [6, 6.07) is 14.6. The third-order valence-corrected chi connectivity index (χ3v) is 5.03. The largest absolute Gasteiger partial charge is 0.497 e. The van der Waals surface area contributed by atoms with Crippen molar-refractivity contribution < 1.29 is 18.4 Å². The lowest BCUT2D eigenvalue weighted by molar-refractivity contribution is 0.102. The van der Waals surface area contributed by atoms with Gasteiger partial charge in [0.2, 0.25) is 0 Å². The SMILES string of the molecule is COc1cccc(C(=O)Nc2cnc(C(N)=CC(=NCc3ccccc3F)c3ccon3)nc2N)c1. The summed E-state index contributed by atoms with van der Waals surface area (Å²) in [4.78, 5) is 25.4. The predicted molar refractivity (Wildman–Crippen MR) is 133 cm³/mol. The maximum Gasteiger partial charge on any atom is 0.255 e. The van der Waals surface area contributed by atoms with Crippen LogP contribution in [0, 0.1) is 5.82 Å². The summed E-state index contributed by atoms with van der Waals surface area (Å²) in [7, 11) is 1.51. The number of halogens is 1. The van der Waals surface area contributed by atoms with Gasteiger partial charge in [-0.3, -0.25) is 9.79 Å². The number of aliphatic imine (C=N–C) groups is 1. The lowest BCUT2D eigenvalue weighted by Crippen LogP contribution is -2.15. The summed E-state index contributed by atoms with van der Waals surface area (Å²) in [5, 5.41) is 6.55. The van der Waals surface area contributed by atoms with Crippen LogP contribution in [0.4, 0.5) is 15.9 Å². The summed E-state index contributed by atoms with van der Waals surface area (Å²) in [6.45, 7) is 0.0525. The number of ether oxygens (including phenoxy) is 1. The first-order valence-electron chi connectivity index (χ1n) is 10.7. The van der Waals surface area contributed by atoms with E-state index in [2.05, 4.69) is 25.4 Å². The quantitative estimate of drug-likeness (QED) is 0.319. The van der Waals surface area contributed by atoms with Crippen molar-refractivity contribution in [1.82, 2.24) is 15.1 Å². The van der Waals surface area contributed by atoms with E-state index in [1.54, 1.807) is 48.5 Å². The Labute approximate surface area is 205 Å². The highest BCUT2D eigenvalue weighted by Crippen LogP contribution is 2.19. The zero-order valence-corrected chi connectivity index (χ0v) is 19.2. The Morgan fingerprint density at radius 2 is 2.06 bits per heavy atom. The van der Waals surface area contributed by atoms with Gasteiger partial charge in [-0.15, -0.1) is 0 Å². The number of carbonyl (C=O) groups excluding carboxylic acids is 1. The molecule has 0 aliphatic heterocycles. The second-order valence-corrected chi connectivity index (χ2v) is 7.46. The summed E-state index contributed by atoms with van der Waals surface area (Å²) in [5.74, 6) is -0.123. The molecule has 0 saturated heterocycles. The lowest BCUT2D eigenvalue weighted by atomic mass is 10.2. The topological polar surface area (TPSA) is 155 Å². The molecule has 2 aromatic heterocycles. The second-order valence-electron chi connectivity index (χ2n) is 7.46. The van der Waals surface area contributed by atoms with Gasteiger partial charge in [0.15, 0.2) is 11.6 Å². The molecule has 0 spiro atoms. The number of nitrogen functional groups attached to an aromatic ring is 1. The standard InChI is InChI=1S/C25H22FN7O3/c1-35-17-7-4-6-15(11-17)25(34)31-22-14-30-24(32-23(22)28)19(27)12-21(20-9-10-36-33-20)29-13-16-5-2-3-8-18(16)26/h2-12,14H,13,27H2,1H3,(H,31,34)(H2,28,30,32). The minimum atomic E-state index is -0.408. The van der Waals surface area contributed by atoms with Crippen molar-refractivity contribution in [1.29, 1.82) is 0 Å². The van der Waals surface area contributed by atoms with Gasteiger partial charge in [-0.2, -0.15) is 0 Å². The minimum absolute atomic E-state index is 0.0128. The molecule has 0 bridgehead atoms. The van der Waals surface area contributed by atoms with Crippen LogP contribution in [0.1, 0.15) is 27.4 Å². The van der Waals surface area contributed by atoms with E-state index in [9.17, 15) is 9.18 Å². The van der Waals surface area contributed by atoms with E-state index in [0.717, 1.165) is 0 Å². The van der Waals surface area contributed by atoms with Crippen molar-refractivity contribution in [2.45, 2.75) is 6.54 Å². The van der Waals surface area contributed by atoms with E-state index in [1.165, 1.54) is 31.7 Å². The highest BCUT2D eigenvalue weighted by molar-refractivity contribution is 6.10. The molecule has 0 unspecified atom stereocenters. The number of anilines is 2. The molecule has 182 valence electrons. The molecular weight excluding hydrogens is 465 g/mol. The number of hydrogen-bond acceptors (Lipinski definition) is 9. The molecule has 2 aromatic carbocycles. The molecule has 11 heteroatoms. The molecule has 0 atom stereocenters. The number of methoxy groups -OCH3 is 1. The monoisotopic (exact) mass is 487 g/mol. The van der Waals surface area contributed by atoms with Gasteiger partial charge in [-0.05, 0) is 30.3 Å². The fourth-order valence-electron chi connectivity index (χ4n) is 3.14. The van der Waals surface area contributed by atoms with Crippen molar-refractivity contribution in [3.63, 3.8) is 0 Å². The third-order valence-electron chi connectivity index (χ3n) is 5.03. The van der Waals surface area contributed by atoms with E-state index < -0.39 is 5.91 Å². The highest BCUT2D eigenvalue weighted by atomic mass is 19.1. The number of nitrogens with zero attached hydrogens (tertiary/aromatic N) is 4.